The topological polar surface area (TPSA) is 96.7 Å². The normalized spacial score (nSPS) is 14.4. The smallest absolute Gasteiger partial charge is 0.295 e. The van der Waals surface area contributed by atoms with Crippen LogP contribution in [-0.4, -0.2) is 21.1 Å². The van der Waals surface area contributed by atoms with Crippen molar-refractivity contribution in [2.24, 2.45) is 5.73 Å². The molecule has 1 aliphatic carbocycles. The molecule has 1 amide bonds. The van der Waals surface area contributed by atoms with Crippen molar-refractivity contribution < 1.29 is 4.79 Å². The van der Waals surface area contributed by atoms with Crippen molar-refractivity contribution in [3.8, 4) is 0 Å². The second kappa shape index (κ2) is 4.81. The zero-order valence-corrected chi connectivity index (χ0v) is 10.4. The number of H-pyrrole nitrogens is 1. The molecule has 0 atom stereocenters. The van der Waals surface area contributed by atoms with E-state index < -0.39 is 0 Å². The van der Waals surface area contributed by atoms with E-state index in [9.17, 15) is 4.79 Å². The summed E-state index contributed by atoms with van der Waals surface area (Å²) in [4.78, 5) is 16.3. The Morgan fingerprint density at radius 1 is 1.42 bits per heavy atom. The molecule has 4 N–H and O–H groups in total. The molecule has 0 unspecified atom stereocenters. The van der Waals surface area contributed by atoms with Crippen molar-refractivity contribution in [2.75, 3.05) is 5.32 Å². The van der Waals surface area contributed by atoms with Gasteiger partial charge in [0.1, 0.15) is 5.82 Å². The van der Waals surface area contributed by atoms with Crippen LogP contribution in [0.25, 0.3) is 0 Å². The summed E-state index contributed by atoms with van der Waals surface area (Å²) < 4.78 is 0. The van der Waals surface area contributed by atoms with Gasteiger partial charge in [-0.1, -0.05) is 18.2 Å². The number of para-hydroxylation sites is 1. The first-order valence-electron chi connectivity index (χ1n) is 6.29. The molecule has 1 aromatic heterocycles. The van der Waals surface area contributed by atoms with Gasteiger partial charge in [0, 0.05) is 18.2 Å². The highest BCUT2D eigenvalue weighted by atomic mass is 16.2. The Labute approximate surface area is 110 Å². The number of nitrogens with two attached hydrogens (primary N) is 1. The Morgan fingerprint density at radius 2 is 2.21 bits per heavy atom. The van der Waals surface area contributed by atoms with Gasteiger partial charge >= 0.3 is 0 Å². The first kappa shape index (κ1) is 11.9. The first-order valence-corrected chi connectivity index (χ1v) is 6.29. The summed E-state index contributed by atoms with van der Waals surface area (Å²) in [6.07, 6.45) is 2.23. The lowest BCUT2D eigenvalue weighted by Crippen LogP contribution is -2.15. The lowest BCUT2D eigenvalue weighted by atomic mass is 10.2. The lowest BCUT2D eigenvalue weighted by molar-refractivity contribution is 0.101. The monoisotopic (exact) mass is 257 g/mol. The van der Waals surface area contributed by atoms with Crippen LogP contribution >= 0.6 is 0 Å². The van der Waals surface area contributed by atoms with E-state index in [0.717, 1.165) is 24.2 Å². The van der Waals surface area contributed by atoms with Gasteiger partial charge in [-0.15, -0.1) is 5.10 Å². The molecular weight excluding hydrogens is 242 g/mol. The van der Waals surface area contributed by atoms with Gasteiger partial charge in [-0.25, -0.2) is 4.98 Å². The second-order valence-corrected chi connectivity index (χ2v) is 4.63. The highest BCUT2D eigenvalue weighted by molar-refractivity contribution is 6.01. The molecule has 1 aliphatic rings. The number of hydrogen-bond acceptors (Lipinski definition) is 4. The fraction of sp³-hybridized carbons (Fsp3) is 0.308. The summed E-state index contributed by atoms with van der Waals surface area (Å²) in [6, 6.07) is 7.43. The Balaban J connectivity index is 1.76. The van der Waals surface area contributed by atoms with Crippen molar-refractivity contribution >= 4 is 11.6 Å². The largest absolute Gasteiger partial charge is 0.326 e. The van der Waals surface area contributed by atoms with Crippen LogP contribution in [0.2, 0.25) is 0 Å². The van der Waals surface area contributed by atoms with Crippen LogP contribution in [0.5, 0.6) is 0 Å². The van der Waals surface area contributed by atoms with Gasteiger partial charge in [0.25, 0.3) is 5.91 Å². The number of aromatic amines is 1. The molecule has 0 radical (unpaired) electrons. The maximum atomic E-state index is 12.0. The van der Waals surface area contributed by atoms with Gasteiger partial charge in [-0.05, 0) is 24.5 Å². The molecule has 0 bridgehead atoms. The van der Waals surface area contributed by atoms with Crippen LogP contribution < -0.4 is 11.1 Å². The number of aromatic nitrogens is 3. The number of nitrogens with one attached hydrogen (secondary N) is 2. The first-order chi connectivity index (χ1) is 9.28. The van der Waals surface area contributed by atoms with Crippen LogP contribution in [-0.2, 0) is 6.54 Å². The van der Waals surface area contributed by atoms with Gasteiger partial charge in [0.2, 0.25) is 5.82 Å². The summed E-state index contributed by atoms with van der Waals surface area (Å²) in [5.41, 5.74) is 7.21. The molecule has 1 fully saturated rings. The Kier molecular flexibility index (Phi) is 3.00. The number of rotatable bonds is 4. The number of hydrogen-bond donors (Lipinski definition) is 3. The van der Waals surface area contributed by atoms with Gasteiger partial charge < -0.3 is 11.1 Å². The van der Waals surface area contributed by atoms with Crippen LogP contribution in [0.3, 0.4) is 0 Å². The van der Waals surface area contributed by atoms with Crippen molar-refractivity contribution in [1.82, 2.24) is 15.2 Å². The zero-order chi connectivity index (χ0) is 13.2. The van der Waals surface area contributed by atoms with Gasteiger partial charge in [0.05, 0.1) is 0 Å². The third-order valence-corrected chi connectivity index (χ3v) is 3.16. The molecule has 1 saturated carbocycles. The molecule has 3 rings (SSSR count). The molecule has 1 aromatic carbocycles. The predicted octanol–water partition coefficient (Wildman–Crippen LogP) is 1.39. The Morgan fingerprint density at radius 3 is 2.95 bits per heavy atom. The number of benzene rings is 1. The summed E-state index contributed by atoms with van der Waals surface area (Å²) in [6.45, 7) is 0.373. The van der Waals surface area contributed by atoms with Crippen molar-refractivity contribution in [3.63, 3.8) is 0 Å². The Bertz CT molecular complexity index is 603. The summed E-state index contributed by atoms with van der Waals surface area (Å²) in [5.74, 6) is 1.11. The van der Waals surface area contributed by atoms with Crippen molar-refractivity contribution in [1.29, 1.82) is 0 Å². The molecule has 0 aliphatic heterocycles. The molecule has 0 spiro atoms. The van der Waals surface area contributed by atoms with Crippen LogP contribution in [0.4, 0.5) is 5.69 Å². The van der Waals surface area contributed by atoms with Crippen molar-refractivity contribution in [2.45, 2.75) is 25.3 Å². The highest BCUT2D eigenvalue weighted by Crippen LogP contribution is 2.37. The minimum absolute atomic E-state index is 0.175. The fourth-order valence-corrected chi connectivity index (χ4v) is 1.91. The van der Waals surface area contributed by atoms with E-state index in [4.69, 9.17) is 5.73 Å². The molecule has 6 heteroatoms. The number of anilines is 1. The summed E-state index contributed by atoms with van der Waals surface area (Å²) in [7, 11) is 0. The molecule has 2 aromatic rings. The maximum Gasteiger partial charge on any atom is 0.295 e. The van der Waals surface area contributed by atoms with Gasteiger partial charge in [-0.2, -0.15) is 0 Å². The SMILES string of the molecule is NCc1ccccc1NC(=O)c1n[nH]c(C2CC2)n1. The number of carbonyl (C=O) groups is 1. The number of carbonyl (C=O) groups excluding carboxylic acids is 1. The van der Waals surface area contributed by atoms with Crippen LogP contribution in [0, 0.1) is 0 Å². The van der Waals surface area contributed by atoms with E-state index in [-0.39, 0.29) is 11.7 Å². The van der Waals surface area contributed by atoms with E-state index in [1.807, 2.05) is 24.3 Å². The standard InChI is InChI=1S/C13H15N5O/c14-7-9-3-1-2-4-10(9)15-13(19)12-16-11(17-18-12)8-5-6-8/h1-4,8H,5-7,14H2,(H,15,19)(H,16,17,18). The van der Waals surface area contributed by atoms with E-state index in [1.54, 1.807) is 0 Å². The van der Waals surface area contributed by atoms with Crippen LogP contribution in [0.15, 0.2) is 24.3 Å². The fourth-order valence-electron chi connectivity index (χ4n) is 1.91. The summed E-state index contributed by atoms with van der Waals surface area (Å²) in [5, 5.41) is 9.55. The number of amides is 1. The predicted molar refractivity (Wildman–Crippen MR) is 70.6 cm³/mol. The Hall–Kier alpha value is -2.21. The van der Waals surface area contributed by atoms with E-state index in [1.165, 1.54) is 0 Å². The third-order valence-electron chi connectivity index (χ3n) is 3.16. The minimum Gasteiger partial charge on any atom is -0.326 e. The summed E-state index contributed by atoms with van der Waals surface area (Å²) >= 11 is 0. The van der Waals surface area contributed by atoms with Crippen molar-refractivity contribution in [3.05, 3.63) is 41.5 Å². The molecule has 0 saturated heterocycles. The molecule has 6 nitrogen and oxygen atoms in total. The average molecular weight is 257 g/mol. The lowest BCUT2D eigenvalue weighted by Gasteiger charge is -2.07. The van der Waals surface area contributed by atoms with E-state index >= 15 is 0 Å². The molecule has 98 valence electrons. The highest BCUT2D eigenvalue weighted by Gasteiger charge is 2.28. The van der Waals surface area contributed by atoms with Gasteiger partial charge in [0.15, 0.2) is 0 Å². The average Bonchev–Trinajstić information content (AvgIpc) is 3.17. The number of nitrogens with zero attached hydrogens (tertiary/aromatic N) is 2. The third kappa shape index (κ3) is 2.48. The molecule has 1 heterocycles. The minimum atomic E-state index is -0.316. The van der Waals surface area contributed by atoms with Gasteiger partial charge in [-0.3, -0.25) is 9.89 Å². The van der Waals surface area contributed by atoms with E-state index in [0.29, 0.717) is 18.2 Å². The quantitative estimate of drug-likeness (QED) is 0.771. The van der Waals surface area contributed by atoms with Crippen LogP contribution in [0.1, 0.15) is 40.8 Å². The zero-order valence-electron chi connectivity index (χ0n) is 10.4. The molecule has 19 heavy (non-hydrogen) atoms. The van der Waals surface area contributed by atoms with E-state index in [2.05, 4.69) is 20.5 Å². The second-order valence-electron chi connectivity index (χ2n) is 4.63. The maximum absolute atomic E-state index is 12.0. The molecular formula is C13H15N5O.